The summed E-state index contributed by atoms with van der Waals surface area (Å²) in [6, 6.07) is 31.0. The fourth-order valence-electron chi connectivity index (χ4n) is 11.3. The highest BCUT2D eigenvalue weighted by atomic mass is 16.8. The smallest absolute Gasteiger partial charge is 0.351 e. The number of amides is 6. The minimum Gasteiger partial charge on any atom is -0.481 e. The van der Waals surface area contributed by atoms with Gasteiger partial charge in [0.2, 0.25) is 0 Å². The molecule has 9 heterocycles. The molecule has 6 aliphatic heterocycles. The van der Waals surface area contributed by atoms with Crippen molar-refractivity contribution in [2.75, 3.05) is 61.9 Å². The Kier molecular flexibility index (Phi) is 24.1. The highest BCUT2D eigenvalue weighted by molar-refractivity contribution is 5.89. The average Bonchev–Trinajstić information content (AvgIpc) is 1.62. The summed E-state index contributed by atoms with van der Waals surface area (Å²) in [7, 11) is 0. The molecule has 0 aliphatic carbocycles. The maximum atomic E-state index is 12.7. The van der Waals surface area contributed by atoms with Crippen LogP contribution in [-0.2, 0) is 61.8 Å². The van der Waals surface area contributed by atoms with Crippen molar-refractivity contribution in [1.82, 2.24) is 49.9 Å². The van der Waals surface area contributed by atoms with Crippen molar-refractivity contribution in [2.24, 2.45) is 0 Å². The fourth-order valence-corrected chi connectivity index (χ4v) is 11.3. The van der Waals surface area contributed by atoms with Crippen molar-refractivity contribution in [2.45, 2.75) is 126 Å². The van der Waals surface area contributed by atoms with Crippen molar-refractivity contribution >= 4 is 53.5 Å². The normalized spacial score (nSPS) is 26.2. The molecule has 12 rings (SSSR count). The van der Waals surface area contributed by atoms with Crippen molar-refractivity contribution in [3.05, 3.63) is 176 Å². The number of aliphatic carboxylic acids is 3. The molecule has 6 saturated heterocycles. The topological polar surface area (TPSA) is 444 Å². The molecule has 6 amide bonds. The van der Waals surface area contributed by atoms with E-state index in [2.05, 4.69) is 52.2 Å². The molecule has 0 spiro atoms. The highest BCUT2D eigenvalue weighted by Crippen LogP contribution is 2.47. The standard InChI is InChI=1S/C21H25N5O7.C21H24N4O8.C21H24N4O7/c1-2-23-20(29)24-14-8-9-26(21(30)25-14)18-17-16(13(31-18)10-22-11-15(27)28)32-19(33-17)12-6-4-3-5-7-12;1-2-22-20(28)23-14-8-9-25(21(29)24-14)18-17-16(13(31-18)10-30-11-15(26)27)32-19(33-17)12-6-4-3-5-7-12;1-2-22-20(28)23-14-10-11-25(21(29)24-14)18-17-16(13(30-18)8-9-15(26)27)31-19(32-17)12-6-4-3-5-7-12/h3-9,13,16-19,22H,2,10-11H2,1H3,(H,27,28)(H2,23,24,25,29,30);3-9,13,16-19H,2,10-11H2,1H3,(H,26,27)(H2,22,23,24,28,29);3-7,10-11,13,16-19H,2,8-9H2,1H3,(H,26,27)(H2,22,23,24,28,29)/t3*13-,16?,17+,18-,19+/m111/s1. The Balaban J connectivity index is 0.000000159. The van der Waals surface area contributed by atoms with Crippen LogP contribution >= 0.6 is 0 Å². The Morgan fingerprint density at radius 2 is 0.786 bits per heavy atom. The van der Waals surface area contributed by atoms with Crippen LogP contribution in [0.25, 0.3) is 0 Å². The quantitative estimate of drug-likeness (QED) is 0.0441. The fraction of sp³-hybridized carbons (Fsp3) is 0.429. The van der Waals surface area contributed by atoms with Gasteiger partial charge in [-0.2, -0.15) is 15.0 Å². The van der Waals surface area contributed by atoms with Crippen LogP contribution in [0.3, 0.4) is 0 Å². The summed E-state index contributed by atoms with van der Waals surface area (Å²) in [4.78, 5) is 118. The number of carboxylic acids is 3. The van der Waals surface area contributed by atoms with Crippen molar-refractivity contribution in [1.29, 1.82) is 0 Å². The number of carbonyl (C=O) groups excluding carboxylic acids is 3. The lowest BCUT2D eigenvalue weighted by molar-refractivity contribution is -0.162. The van der Waals surface area contributed by atoms with Gasteiger partial charge in [0, 0.05) is 67.9 Å². The van der Waals surface area contributed by atoms with Gasteiger partial charge >= 0.3 is 53.1 Å². The van der Waals surface area contributed by atoms with Crippen LogP contribution in [0, 0.1) is 0 Å². The van der Waals surface area contributed by atoms with Crippen LogP contribution in [-0.4, -0.2) is 181 Å². The molecule has 6 aliphatic rings. The number of benzene rings is 3. The molecule has 35 heteroatoms. The Hall–Kier alpha value is -9.92. The molecule has 35 nitrogen and oxygen atoms in total. The molecule has 0 radical (unpaired) electrons. The maximum Gasteiger partial charge on any atom is 0.351 e. The van der Waals surface area contributed by atoms with E-state index >= 15 is 0 Å². The number of nitrogens with one attached hydrogen (secondary N) is 7. The molecular formula is C63H73N13O22. The van der Waals surface area contributed by atoms with Crippen molar-refractivity contribution in [3.63, 3.8) is 0 Å². The third-order valence-electron chi connectivity index (χ3n) is 15.6. The van der Waals surface area contributed by atoms with E-state index in [1.807, 2.05) is 91.0 Å². The summed E-state index contributed by atoms with van der Waals surface area (Å²) < 4.78 is 63.5. The van der Waals surface area contributed by atoms with Crippen LogP contribution in [0.1, 0.15) is 87.9 Å². The Labute approximate surface area is 557 Å². The molecule has 98 heavy (non-hydrogen) atoms. The largest absolute Gasteiger partial charge is 0.481 e. The number of fused-ring (bicyclic) bond motifs is 3. The molecule has 15 atom stereocenters. The van der Waals surface area contributed by atoms with E-state index < -0.39 is 152 Å². The number of ether oxygens (including phenoxy) is 10. The second-order valence-corrected chi connectivity index (χ2v) is 22.4. The van der Waals surface area contributed by atoms with Gasteiger partial charge in [-0.3, -0.25) is 39.2 Å². The predicted molar refractivity (Wildman–Crippen MR) is 338 cm³/mol. The molecule has 0 bridgehead atoms. The number of hydrogen-bond donors (Lipinski definition) is 10. The SMILES string of the molecule is CCNC(=O)Nc1ccn([C@@H]2O[C@H](CCC(=O)O)C3O[C@H](c4ccccc4)O[C@@H]32)c(=O)n1.CCNC(=O)Nc1ccn([C@@H]2O[C@H](CNCC(=O)O)C3O[C@H](c4ccccc4)O[C@@H]32)c(=O)n1.CCNC(=O)Nc1ccn([C@@H]2O[C@H](COCC(=O)O)C3O[C@H](c4ccccc4)O[C@@H]32)c(=O)n1. The van der Waals surface area contributed by atoms with Crippen LogP contribution in [0.15, 0.2) is 142 Å². The molecule has 0 saturated carbocycles. The van der Waals surface area contributed by atoms with E-state index in [1.54, 1.807) is 20.8 Å². The summed E-state index contributed by atoms with van der Waals surface area (Å²) in [5.41, 5.74) is 0.474. The lowest BCUT2D eigenvalue weighted by atomic mass is 10.1. The Morgan fingerprint density at radius 1 is 0.439 bits per heavy atom. The van der Waals surface area contributed by atoms with Gasteiger partial charge in [-0.05, 0) is 45.4 Å². The number of hydrogen-bond acceptors (Lipinski definition) is 23. The average molecular weight is 1360 g/mol. The second kappa shape index (κ2) is 33.4. The van der Waals surface area contributed by atoms with Crippen molar-refractivity contribution < 1.29 is 91.5 Å². The predicted octanol–water partition coefficient (Wildman–Crippen LogP) is 2.93. The molecule has 10 N–H and O–H groups in total. The molecule has 3 unspecified atom stereocenters. The first-order valence-corrected chi connectivity index (χ1v) is 31.3. The van der Waals surface area contributed by atoms with Gasteiger partial charge in [0.05, 0.1) is 19.3 Å². The molecule has 6 aromatic rings. The van der Waals surface area contributed by atoms with E-state index in [9.17, 15) is 43.2 Å². The highest BCUT2D eigenvalue weighted by Gasteiger charge is 2.56. The number of carbonyl (C=O) groups is 6. The zero-order chi connectivity index (χ0) is 69.4. The number of aromatic nitrogens is 6. The van der Waals surface area contributed by atoms with E-state index in [4.69, 9.17) is 62.7 Å². The molecule has 522 valence electrons. The minimum atomic E-state index is -1.11. The Bertz CT molecular complexity index is 3750. The first-order chi connectivity index (χ1) is 47.4. The zero-order valence-corrected chi connectivity index (χ0v) is 52.9. The number of nitrogens with zero attached hydrogens (tertiary/aromatic N) is 6. The van der Waals surface area contributed by atoms with Gasteiger partial charge in [0.25, 0.3) is 0 Å². The van der Waals surface area contributed by atoms with Gasteiger partial charge in [-0.25, -0.2) is 33.6 Å². The number of rotatable bonds is 23. The minimum absolute atomic E-state index is 0.0617. The van der Waals surface area contributed by atoms with E-state index in [-0.39, 0.29) is 50.0 Å². The first-order valence-electron chi connectivity index (χ1n) is 31.3. The number of anilines is 3. The van der Waals surface area contributed by atoms with Crippen LogP contribution < -0.4 is 54.3 Å². The lowest BCUT2D eigenvalue weighted by Gasteiger charge is -2.22. The monoisotopic (exact) mass is 1360 g/mol. The summed E-state index contributed by atoms with van der Waals surface area (Å²) in [6.45, 7) is 5.98. The lowest BCUT2D eigenvalue weighted by Crippen LogP contribution is -2.38. The molecular weight excluding hydrogens is 1290 g/mol. The van der Waals surface area contributed by atoms with Gasteiger partial charge in [-0.1, -0.05) is 91.0 Å². The molecule has 6 fully saturated rings. The van der Waals surface area contributed by atoms with E-state index in [1.165, 1.54) is 50.5 Å². The maximum absolute atomic E-state index is 12.7. The van der Waals surface area contributed by atoms with Gasteiger partial charge in [0.15, 0.2) is 37.6 Å². The van der Waals surface area contributed by atoms with Gasteiger partial charge in [-0.15, -0.1) is 0 Å². The summed E-state index contributed by atoms with van der Waals surface area (Å²) in [5.74, 6) is -2.78. The summed E-state index contributed by atoms with van der Waals surface area (Å²) in [6.07, 6.45) is -5.58. The second-order valence-electron chi connectivity index (χ2n) is 22.4. The van der Waals surface area contributed by atoms with Crippen LogP contribution in [0.5, 0.6) is 0 Å². The number of urea groups is 3. The molecule has 3 aromatic heterocycles. The van der Waals surface area contributed by atoms with E-state index in [0.717, 1.165) is 16.7 Å². The van der Waals surface area contributed by atoms with E-state index in [0.29, 0.717) is 19.6 Å². The zero-order valence-electron chi connectivity index (χ0n) is 52.9. The van der Waals surface area contributed by atoms with Crippen molar-refractivity contribution in [3.8, 4) is 0 Å². The molecule has 3 aromatic carbocycles. The van der Waals surface area contributed by atoms with Crippen LogP contribution in [0.2, 0.25) is 0 Å². The first kappa shape index (κ1) is 70.9. The van der Waals surface area contributed by atoms with Gasteiger partial charge < -0.3 is 84.0 Å². The van der Waals surface area contributed by atoms with Gasteiger partial charge in [0.1, 0.15) is 72.9 Å². The third kappa shape index (κ3) is 17.8. The summed E-state index contributed by atoms with van der Waals surface area (Å²) in [5, 5.41) is 44.7. The Morgan fingerprint density at radius 3 is 1.13 bits per heavy atom. The third-order valence-corrected chi connectivity index (χ3v) is 15.6. The summed E-state index contributed by atoms with van der Waals surface area (Å²) >= 11 is 0. The van der Waals surface area contributed by atoms with Crippen LogP contribution in [0.4, 0.5) is 31.8 Å². The number of carboxylic acid groups (broad SMARTS) is 3.